The highest BCUT2D eigenvalue weighted by molar-refractivity contribution is 5.78. The van der Waals surface area contributed by atoms with E-state index in [0.717, 1.165) is 24.2 Å². The predicted molar refractivity (Wildman–Crippen MR) is 73.4 cm³/mol. The van der Waals surface area contributed by atoms with E-state index >= 15 is 0 Å². The molecule has 0 aliphatic carbocycles. The van der Waals surface area contributed by atoms with Crippen molar-refractivity contribution in [1.29, 1.82) is 0 Å². The number of carbonyl (C=O) groups is 1. The van der Waals surface area contributed by atoms with E-state index in [4.69, 9.17) is 5.73 Å². The first-order valence-corrected chi connectivity index (χ1v) is 6.53. The molecule has 2 rings (SSSR count). The van der Waals surface area contributed by atoms with Crippen molar-refractivity contribution in [3.05, 3.63) is 35.4 Å². The number of carbonyl (C=O) groups excluding carboxylic acids is 1. The first-order chi connectivity index (χ1) is 9.10. The summed E-state index contributed by atoms with van der Waals surface area (Å²) in [6.45, 7) is 2.90. The molecule has 5 heteroatoms. The van der Waals surface area contributed by atoms with Gasteiger partial charge in [0.15, 0.2) is 0 Å². The summed E-state index contributed by atoms with van der Waals surface area (Å²) >= 11 is 0. The van der Waals surface area contributed by atoms with Crippen LogP contribution in [0.15, 0.2) is 24.3 Å². The van der Waals surface area contributed by atoms with Crippen molar-refractivity contribution >= 4 is 5.91 Å². The van der Waals surface area contributed by atoms with E-state index in [-0.39, 0.29) is 5.91 Å². The number of nitrogens with two attached hydrogens (primary N) is 1. The molecule has 0 radical (unpaired) electrons. The lowest BCUT2D eigenvalue weighted by molar-refractivity contribution is -0.134. The number of rotatable bonds is 4. The van der Waals surface area contributed by atoms with E-state index in [1.54, 1.807) is 4.90 Å². The van der Waals surface area contributed by atoms with Crippen molar-refractivity contribution in [2.45, 2.75) is 12.6 Å². The number of β-amino-alcohol motifs (C(OH)–C–C–N with tert-alkyl or cyclic N) is 1. The third kappa shape index (κ3) is 3.53. The van der Waals surface area contributed by atoms with Crippen molar-refractivity contribution < 1.29 is 9.90 Å². The van der Waals surface area contributed by atoms with E-state index in [1.165, 1.54) is 0 Å². The highest BCUT2D eigenvalue weighted by Crippen LogP contribution is 2.16. The zero-order chi connectivity index (χ0) is 13.8. The van der Waals surface area contributed by atoms with Crippen LogP contribution in [0.25, 0.3) is 0 Å². The lowest BCUT2D eigenvalue weighted by Crippen LogP contribution is -2.49. The average molecular weight is 263 g/mol. The highest BCUT2D eigenvalue weighted by Gasteiger charge is 2.23. The smallest absolute Gasteiger partial charge is 0.236 e. The third-order valence-electron chi connectivity index (χ3n) is 3.57. The molecule has 104 valence electrons. The van der Waals surface area contributed by atoms with Crippen LogP contribution in [-0.4, -0.2) is 54.0 Å². The molecule has 1 heterocycles. The molecule has 1 saturated heterocycles. The Morgan fingerprint density at radius 3 is 2.58 bits per heavy atom. The Morgan fingerprint density at radius 1 is 1.32 bits per heavy atom. The molecule has 0 spiro atoms. The summed E-state index contributed by atoms with van der Waals surface area (Å²) in [4.78, 5) is 15.3. The van der Waals surface area contributed by atoms with Crippen LogP contribution in [0.5, 0.6) is 0 Å². The molecule has 0 saturated carbocycles. The van der Waals surface area contributed by atoms with Crippen molar-refractivity contribution in [3.63, 3.8) is 0 Å². The van der Waals surface area contributed by atoms with Crippen molar-refractivity contribution in [3.8, 4) is 0 Å². The third-order valence-corrected chi connectivity index (χ3v) is 3.57. The van der Waals surface area contributed by atoms with Crippen LogP contribution in [0.2, 0.25) is 0 Å². The van der Waals surface area contributed by atoms with Crippen molar-refractivity contribution in [2.24, 2.45) is 5.73 Å². The highest BCUT2D eigenvalue weighted by atomic mass is 16.3. The minimum atomic E-state index is -0.567. The van der Waals surface area contributed by atoms with Gasteiger partial charge in [-0.25, -0.2) is 0 Å². The van der Waals surface area contributed by atoms with Crippen LogP contribution in [-0.2, 0) is 11.3 Å². The Hall–Kier alpha value is -1.43. The predicted octanol–water partition coefficient (Wildman–Crippen LogP) is -0.0473. The Labute approximate surface area is 113 Å². The maximum Gasteiger partial charge on any atom is 0.236 e. The molecule has 19 heavy (non-hydrogen) atoms. The van der Waals surface area contributed by atoms with Crippen LogP contribution in [0.1, 0.15) is 17.2 Å². The first-order valence-electron chi connectivity index (χ1n) is 6.53. The molecular formula is C14H21N3O2. The first kappa shape index (κ1) is 14.0. The number of likely N-dealkylation sites (N-methyl/N-ethyl adjacent to an activating group) is 1. The van der Waals surface area contributed by atoms with Crippen LogP contribution in [0.4, 0.5) is 0 Å². The van der Waals surface area contributed by atoms with E-state index in [9.17, 15) is 9.90 Å². The van der Waals surface area contributed by atoms with Crippen LogP contribution < -0.4 is 5.73 Å². The molecule has 1 amide bonds. The fourth-order valence-electron chi connectivity index (χ4n) is 2.19. The van der Waals surface area contributed by atoms with Crippen molar-refractivity contribution in [1.82, 2.24) is 9.80 Å². The van der Waals surface area contributed by atoms with Gasteiger partial charge in [0.1, 0.15) is 0 Å². The fourth-order valence-corrected chi connectivity index (χ4v) is 2.19. The second-order valence-electron chi connectivity index (χ2n) is 5.01. The van der Waals surface area contributed by atoms with E-state index in [1.807, 2.05) is 36.2 Å². The summed E-state index contributed by atoms with van der Waals surface area (Å²) in [5.74, 6) is 0.108. The van der Waals surface area contributed by atoms with Gasteiger partial charge >= 0.3 is 0 Å². The summed E-state index contributed by atoms with van der Waals surface area (Å²) in [6, 6.07) is 7.64. The summed E-state index contributed by atoms with van der Waals surface area (Å²) in [5, 5.41) is 10.2. The molecule has 1 aromatic rings. The molecular weight excluding hydrogens is 242 g/mol. The minimum absolute atomic E-state index is 0.108. The summed E-state index contributed by atoms with van der Waals surface area (Å²) < 4.78 is 0. The molecule has 1 aromatic carbocycles. The number of nitrogens with zero attached hydrogens (tertiary/aromatic N) is 2. The standard InChI is InChI=1S/C14H21N3O2/c1-16-6-7-17(10-14(16)19)9-13(18)12-4-2-11(8-15)3-5-12/h2-5,13,18H,6-10,15H2,1H3. The molecule has 1 aliphatic rings. The lowest BCUT2D eigenvalue weighted by Gasteiger charge is -2.33. The molecule has 0 bridgehead atoms. The van der Waals surface area contributed by atoms with Gasteiger partial charge in [-0.2, -0.15) is 0 Å². The van der Waals surface area contributed by atoms with Crippen LogP contribution in [0.3, 0.4) is 0 Å². The Morgan fingerprint density at radius 2 is 2.00 bits per heavy atom. The number of aliphatic hydroxyl groups is 1. The van der Waals surface area contributed by atoms with Gasteiger partial charge < -0.3 is 15.7 Å². The number of piperazine rings is 1. The molecule has 1 unspecified atom stereocenters. The summed E-state index contributed by atoms with van der Waals surface area (Å²) in [7, 11) is 1.81. The van der Waals surface area contributed by atoms with E-state index in [2.05, 4.69) is 0 Å². The zero-order valence-electron chi connectivity index (χ0n) is 11.2. The number of aliphatic hydroxyl groups excluding tert-OH is 1. The maximum atomic E-state index is 11.6. The quantitative estimate of drug-likeness (QED) is 0.799. The largest absolute Gasteiger partial charge is 0.387 e. The van der Waals surface area contributed by atoms with Gasteiger partial charge in [0.25, 0.3) is 0 Å². The Balaban J connectivity index is 1.93. The molecule has 1 fully saturated rings. The van der Waals surface area contributed by atoms with E-state index in [0.29, 0.717) is 19.6 Å². The van der Waals surface area contributed by atoms with Crippen LogP contribution >= 0.6 is 0 Å². The maximum absolute atomic E-state index is 11.6. The molecule has 1 atom stereocenters. The fraction of sp³-hybridized carbons (Fsp3) is 0.500. The molecule has 0 aromatic heterocycles. The summed E-state index contributed by atoms with van der Waals surface area (Å²) in [6.07, 6.45) is -0.567. The average Bonchev–Trinajstić information content (AvgIpc) is 2.43. The van der Waals surface area contributed by atoms with Gasteiger partial charge in [-0.3, -0.25) is 9.69 Å². The molecule has 1 aliphatic heterocycles. The van der Waals surface area contributed by atoms with E-state index < -0.39 is 6.10 Å². The number of amides is 1. The second kappa shape index (κ2) is 6.14. The zero-order valence-corrected chi connectivity index (χ0v) is 11.2. The minimum Gasteiger partial charge on any atom is -0.387 e. The topological polar surface area (TPSA) is 69.8 Å². The Kier molecular flexibility index (Phi) is 4.52. The van der Waals surface area contributed by atoms with Gasteiger partial charge in [0.2, 0.25) is 5.91 Å². The SMILES string of the molecule is CN1CCN(CC(O)c2ccc(CN)cc2)CC1=O. The number of hydrogen-bond donors (Lipinski definition) is 2. The molecule has 3 N–H and O–H groups in total. The number of benzene rings is 1. The summed E-state index contributed by atoms with van der Waals surface area (Å²) in [5.41, 5.74) is 7.45. The normalized spacial score (nSPS) is 18.7. The van der Waals surface area contributed by atoms with Gasteiger partial charge in [-0.15, -0.1) is 0 Å². The van der Waals surface area contributed by atoms with Gasteiger partial charge in [0, 0.05) is 33.2 Å². The molecule has 5 nitrogen and oxygen atoms in total. The van der Waals surface area contributed by atoms with Gasteiger partial charge in [-0.1, -0.05) is 24.3 Å². The van der Waals surface area contributed by atoms with Crippen molar-refractivity contribution in [2.75, 3.05) is 33.2 Å². The second-order valence-corrected chi connectivity index (χ2v) is 5.01. The van der Waals surface area contributed by atoms with Gasteiger partial charge in [-0.05, 0) is 11.1 Å². The van der Waals surface area contributed by atoms with Gasteiger partial charge in [0.05, 0.1) is 12.6 Å². The monoisotopic (exact) mass is 263 g/mol. The number of hydrogen-bond acceptors (Lipinski definition) is 4. The lowest BCUT2D eigenvalue weighted by atomic mass is 10.1. The van der Waals surface area contributed by atoms with Crippen LogP contribution in [0, 0.1) is 0 Å². The Bertz CT molecular complexity index is 433.